The molecule has 0 radical (unpaired) electrons. The van der Waals surface area contributed by atoms with Crippen LogP contribution in [0.1, 0.15) is 31.9 Å². The molecule has 3 nitrogen and oxygen atoms in total. The summed E-state index contributed by atoms with van der Waals surface area (Å²) in [5, 5.41) is 3.43. The molecule has 0 unspecified atom stereocenters. The minimum atomic E-state index is 0.217. The molecule has 1 saturated carbocycles. The molecular formula is C11H17N3. The lowest BCUT2D eigenvalue weighted by Gasteiger charge is -2.39. The van der Waals surface area contributed by atoms with Gasteiger partial charge in [0, 0.05) is 11.2 Å². The molecule has 2 rings (SSSR count). The molecule has 1 aliphatic carbocycles. The van der Waals surface area contributed by atoms with E-state index in [4.69, 9.17) is 5.73 Å². The molecule has 0 aliphatic heterocycles. The Labute approximate surface area is 84.7 Å². The summed E-state index contributed by atoms with van der Waals surface area (Å²) in [6, 6.07) is 3.84. The van der Waals surface area contributed by atoms with Crippen LogP contribution in [0.5, 0.6) is 0 Å². The minimum Gasteiger partial charge on any atom is -0.396 e. The minimum absolute atomic E-state index is 0.217. The van der Waals surface area contributed by atoms with E-state index in [-0.39, 0.29) is 5.54 Å². The number of pyridine rings is 1. The molecule has 0 aromatic carbocycles. The van der Waals surface area contributed by atoms with Crippen LogP contribution in [0, 0.1) is 6.92 Å². The second-order valence-electron chi connectivity index (χ2n) is 4.43. The topological polar surface area (TPSA) is 50.9 Å². The van der Waals surface area contributed by atoms with Crippen molar-refractivity contribution in [3.05, 3.63) is 17.8 Å². The molecule has 0 saturated heterocycles. The van der Waals surface area contributed by atoms with E-state index in [1.807, 2.05) is 19.1 Å². The zero-order chi connectivity index (χ0) is 10.2. The van der Waals surface area contributed by atoms with Crippen LogP contribution in [0.3, 0.4) is 0 Å². The lowest BCUT2D eigenvalue weighted by Crippen LogP contribution is -2.42. The second kappa shape index (κ2) is 3.15. The van der Waals surface area contributed by atoms with Gasteiger partial charge in [-0.15, -0.1) is 0 Å². The van der Waals surface area contributed by atoms with Crippen molar-refractivity contribution in [1.82, 2.24) is 4.98 Å². The van der Waals surface area contributed by atoms with Crippen molar-refractivity contribution in [1.29, 1.82) is 0 Å². The van der Waals surface area contributed by atoms with Crippen molar-refractivity contribution < 1.29 is 0 Å². The van der Waals surface area contributed by atoms with Crippen molar-refractivity contribution >= 4 is 11.5 Å². The van der Waals surface area contributed by atoms with Gasteiger partial charge in [-0.3, -0.25) is 0 Å². The van der Waals surface area contributed by atoms with Gasteiger partial charge >= 0.3 is 0 Å². The van der Waals surface area contributed by atoms with Gasteiger partial charge in [0.2, 0.25) is 0 Å². The van der Waals surface area contributed by atoms with Crippen molar-refractivity contribution in [2.45, 2.75) is 38.6 Å². The number of hydrogen-bond donors (Lipinski definition) is 2. The molecule has 0 bridgehead atoms. The Bertz CT molecular complexity index is 342. The van der Waals surface area contributed by atoms with E-state index < -0.39 is 0 Å². The summed E-state index contributed by atoms with van der Waals surface area (Å²) in [4.78, 5) is 4.40. The Morgan fingerprint density at radius 2 is 2.14 bits per heavy atom. The van der Waals surface area contributed by atoms with Gasteiger partial charge in [-0.2, -0.15) is 0 Å². The fourth-order valence-corrected chi connectivity index (χ4v) is 1.79. The van der Waals surface area contributed by atoms with E-state index in [0.29, 0.717) is 0 Å². The summed E-state index contributed by atoms with van der Waals surface area (Å²) >= 11 is 0. The molecule has 1 fully saturated rings. The number of nitrogen functional groups attached to an aromatic ring is 1. The average Bonchev–Trinajstić information content (AvgIpc) is 2.09. The first kappa shape index (κ1) is 9.31. The summed E-state index contributed by atoms with van der Waals surface area (Å²) in [5.41, 5.74) is 7.81. The fraction of sp³-hybridized carbons (Fsp3) is 0.545. The Morgan fingerprint density at radius 3 is 2.71 bits per heavy atom. The zero-order valence-corrected chi connectivity index (χ0v) is 8.80. The lowest BCUT2D eigenvalue weighted by atomic mass is 9.78. The van der Waals surface area contributed by atoms with Gasteiger partial charge in [-0.25, -0.2) is 4.98 Å². The highest BCUT2D eigenvalue weighted by Crippen LogP contribution is 2.35. The predicted molar refractivity (Wildman–Crippen MR) is 59.3 cm³/mol. The standard InChI is InChI=1S/C11H17N3/c1-8-4-5-9(12)10(13-8)14-11(2)6-3-7-11/h4-5H,3,6-7,12H2,1-2H3,(H,13,14). The third-order valence-corrected chi connectivity index (χ3v) is 2.94. The maximum absolute atomic E-state index is 5.85. The number of anilines is 2. The summed E-state index contributed by atoms with van der Waals surface area (Å²) in [5.74, 6) is 0.840. The Balaban J connectivity index is 2.19. The van der Waals surface area contributed by atoms with Crippen molar-refractivity contribution in [2.24, 2.45) is 0 Å². The van der Waals surface area contributed by atoms with Crippen LogP contribution < -0.4 is 11.1 Å². The largest absolute Gasteiger partial charge is 0.396 e. The van der Waals surface area contributed by atoms with Crippen molar-refractivity contribution in [3.63, 3.8) is 0 Å². The van der Waals surface area contributed by atoms with E-state index >= 15 is 0 Å². The summed E-state index contributed by atoms with van der Waals surface area (Å²) in [7, 11) is 0. The first-order valence-corrected chi connectivity index (χ1v) is 5.10. The molecule has 76 valence electrons. The highest BCUT2D eigenvalue weighted by molar-refractivity contribution is 5.62. The quantitative estimate of drug-likeness (QED) is 0.754. The highest BCUT2D eigenvalue weighted by atomic mass is 15.1. The molecular weight excluding hydrogens is 174 g/mol. The van der Waals surface area contributed by atoms with Crippen LogP contribution in [0.4, 0.5) is 11.5 Å². The smallest absolute Gasteiger partial charge is 0.149 e. The van der Waals surface area contributed by atoms with Crippen LogP contribution in [0.15, 0.2) is 12.1 Å². The maximum atomic E-state index is 5.85. The highest BCUT2D eigenvalue weighted by Gasteiger charge is 2.32. The second-order valence-corrected chi connectivity index (χ2v) is 4.43. The molecule has 3 N–H and O–H groups in total. The molecule has 1 aromatic heterocycles. The molecule has 14 heavy (non-hydrogen) atoms. The number of aromatic nitrogens is 1. The Hall–Kier alpha value is -1.25. The van der Waals surface area contributed by atoms with Gasteiger partial charge in [0.05, 0.1) is 5.69 Å². The maximum Gasteiger partial charge on any atom is 0.149 e. The van der Waals surface area contributed by atoms with E-state index in [0.717, 1.165) is 17.2 Å². The van der Waals surface area contributed by atoms with Crippen LogP contribution in [0.25, 0.3) is 0 Å². The van der Waals surface area contributed by atoms with Crippen molar-refractivity contribution in [2.75, 3.05) is 11.1 Å². The number of rotatable bonds is 2. The molecule has 1 aromatic rings. The lowest BCUT2D eigenvalue weighted by molar-refractivity contribution is 0.306. The molecule has 0 amide bonds. The Morgan fingerprint density at radius 1 is 1.43 bits per heavy atom. The van der Waals surface area contributed by atoms with Crippen LogP contribution in [-0.4, -0.2) is 10.5 Å². The van der Waals surface area contributed by atoms with Crippen LogP contribution in [-0.2, 0) is 0 Å². The third kappa shape index (κ3) is 1.67. The molecule has 0 atom stereocenters. The van der Waals surface area contributed by atoms with Gasteiger partial charge in [-0.1, -0.05) is 0 Å². The molecule has 0 spiro atoms. The van der Waals surface area contributed by atoms with Crippen LogP contribution >= 0.6 is 0 Å². The summed E-state index contributed by atoms with van der Waals surface area (Å²) < 4.78 is 0. The average molecular weight is 191 g/mol. The van der Waals surface area contributed by atoms with Crippen molar-refractivity contribution in [3.8, 4) is 0 Å². The van der Waals surface area contributed by atoms with Gasteiger partial charge in [0.1, 0.15) is 5.82 Å². The first-order chi connectivity index (χ1) is 6.59. The van der Waals surface area contributed by atoms with E-state index in [1.54, 1.807) is 0 Å². The third-order valence-electron chi connectivity index (χ3n) is 2.94. The van der Waals surface area contributed by atoms with Gasteiger partial charge < -0.3 is 11.1 Å². The summed E-state index contributed by atoms with van der Waals surface area (Å²) in [6.07, 6.45) is 3.72. The van der Waals surface area contributed by atoms with Gasteiger partial charge in [-0.05, 0) is 45.2 Å². The SMILES string of the molecule is Cc1ccc(N)c(NC2(C)CCC2)n1. The number of nitrogens with zero attached hydrogens (tertiary/aromatic N) is 1. The van der Waals surface area contributed by atoms with Gasteiger partial charge in [0.25, 0.3) is 0 Å². The number of hydrogen-bond acceptors (Lipinski definition) is 3. The first-order valence-electron chi connectivity index (χ1n) is 5.10. The van der Waals surface area contributed by atoms with E-state index in [9.17, 15) is 0 Å². The monoisotopic (exact) mass is 191 g/mol. The van der Waals surface area contributed by atoms with Gasteiger partial charge in [0.15, 0.2) is 0 Å². The van der Waals surface area contributed by atoms with E-state index in [2.05, 4.69) is 17.2 Å². The Kier molecular flexibility index (Phi) is 2.10. The number of nitrogens with two attached hydrogens (primary N) is 1. The predicted octanol–water partition coefficient (Wildman–Crippen LogP) is 2.33. The van der Waals surface area contributed by atoms with E-state index in [1.165, 1.54) is 19.3 Å². The molecule has 1 heterocycles. The zero-order valence-electron chi connectivity index (χ0n) is 8.80. The fourth-order valence-electron chi connectivity index (χ4n) is 1.79. The molecule has 3 heteroatoms. The number of aryl methyl sites for hydroxylation is 1. The molecule has 1 aliphatic rings. The summed E-state index contributed by atoms with van der Waals surface area (Å²) in [6.45, 7) is 4.20. The number of nitrogens with one attached hydrogen (secondary N) is 1. The van der Waals surface area contributed by atoms with Crippen LogP contribution in [0.2, 0.25) is 0 Å². The normalized spacial score (nSPS) is 18.7.